The Hall–Kier alpha value is -3.33. The number of imidazole rings is 1. The van der Waals surface area contributed by atoms with Gasteiger partial charge in [-0.05, 0) is 56.0 Å². The van der Waals surface area contributed by atoms with Crippen LogP contribution in [0, 0.1) is 20.8 Å². The van der Waals surface area contributed by atoms with Gasteiger partial charge in [0.1, 0.15) is 23.9 Å². The fraction of sp³-hybridized carbons (Fsp3) is 0.333. The normalized spacial score (nSPS) is 15.7. The fourth-order valence-electron chi connectivity index (χ4n) is 4.01. The summed E-state index contributed by atoms with van der Waals surface area (Å²) in [6, 6.07) is 7.47. The van der Waals surface area contributed by atoms with E-state index in [4.69, 9.17) is 14.5 Å². The van der Waals surface area contributed by atoms with E-state index < -0.39 is 5.25 Å². The number of hydrogen-bond acceptors (Lipinski definition) is 7. The molecule has 0 spiro atoms. The second kappa shape index (κ2) is 8.90. The van der Waals surface area contributed by atoms with Crippen LogP contribution in [-0.4, -0.2) is 31.9 Å². The number of esters is 1. The van der Waals surface area contributed by atoms with Crippen molar-refractivity contribution < 1.29 is 23.9 Å². The maximum atomic E-state index is 11.8. The van der Waals surface area contributed by atoms with Crippen molar-refractivity contribution >= 4 is 39.9 Å². The molecular formula is C24H25N3O5S. The van der Waals surface area contributed by atoms with E-state index in [1.54, 1.807) is 0 Å². The van der Waals surface area contributed by atoms with Gasteiger partial charge in [0.2, 0.25) is 5.91 Å². The Morgan fingerprint density at radius 1 is 1.12 bits per heavy atom. The molecule has 3 aromatic rings. The zero-order chi connectivity index (χ0) is 23.9. The molecule has 0 radical (unpaired) electrons. The maximum Gasteiger partial charge on any atom is 0.308 e. The van der Waals surface area contributed by atoms with Crippen molar-refractivity contribution in [2.45, 2.75) is 46.0 Å². The van der Waals surface area contributed by atoms with Crippen LogP contribution in [0.15, 0.2) is 24.3 Å². The summed E-state index contributed by atoms with van der Waals surface area (Å²) < 4.78 is 13.4. The van der Waals surface area contributed by atoms with Crippen LogP contribution in [0.1, 0.15) is 35.0 Å². The molecule has 2 aromatic carbocycles. The Morgan fingerprint density at radius 3 is 2.42 bits per heavy atom. The van der Waals surface area contributed by atoms with E-state index >= 15 is 0 Å². The zero-order valence-corrected chi connectivity index (χ0v) is 20.0. The van der Waals surface area contributed by atoms with Crippen LogP contribution >= 0.6 is 11.8 Å². The largest absolute Gasteiger partial charge is 0.486 e. The van der Waals surface area contributed by atoms with Crippen LogP contribution in [0.2, 0.25) is 0 Å². The topological polar surface area (TPSA) is 99.5 Å². The average Bonchev–Trinajstić information content (AvgIpc) is 3.27. The van der Waals surface area contributed by atoms with Crippen molar-refractivity contribution in [1.29, 1.82) is 0 Å². The molecule has 9 heteroatoms. The highest BCUT2D eigenvalue weighted by atomic mass is 32.2. The number of ether oxygens (including phenoxy) is 2. The number of nitrogens with zero attached hydrogens (tertiary/aromatic N) is 2. The number of aryl methyl sites for hydroxylation is 3. The quantitative estimate of drug-likeness (QED) is 0.434. The summed E-state index contributed by atoms with van der Waals surface area (Å²) >= 11 is 1.02. The molecule has 1 aliphatic heterocycles. The predicted octanol–water partition coefficient (Wildman–Crippen LogP) is 3.90. The van der Waals surface area contributed by atoms with Crippen LogP contribution in [0.4, 0.5) is 4.79 Å². The lowest BCUT2D eigenvalue weighted by Gasteiger charge is -2.13. The van der Waals surface area contributed by atoms with Gasteiger partial charge < -0.3 is 14.0 Å². The third-order valence-electron chi connectivity index (χ3n) is 5.87. The molecule has 0 bridgehead atoms. The molecule has 1 N–H and O–H groups in total. The van der Waals surface area contributed by atoms with E-state index in [1.807, 2.05) is 56.7 Å². The number of fused-ring (bicyclic) bond motifs is 1. The number of carbonyl (C=O) groups is 3. The van der Waals surface area contributed by atoms with Crippen LogP contribution in [0.3, 0.4) is 0 Å². The molecule has 2 heterocycles. The van der Waals surface area contributed by atoms with Gasteiger partial charge in [0, 0.05) is 19.5 Å². The van der Waals surface area contributed by atoms with Crippen molar-refractivity contribution in [2.75, 3.05) is 0 Å². The summed E-state index contributed by atoms with van der Waals surface area (Å²) in [6.07, 6.45) is 0.482. The highest BCUT2D eigenvalue weighted by molar-refractivity contribution is 8.15. The fourth-order valence-corrected chi connectivity index (χ4v) is 4.87. The first-order valence-corrected chi connectivity index (χ1v) is 11.4. The lowest BCUT2D eigenvalue weighted by Crippen LogP contribution is -2.25. The number of hydrogen-bond donors (Lipinski definition) is 1. The second-order valence-electron chi connectivity index (χ2n) is 8.10. The van der Waals surface area contributed by atoms with Gasteiger partial charge in [-0.1, -0.05) is 23.9 Å². The number of benzene rings is 2. The maximum absolute atomic E-state index is 11.8. The molecule has 172 valence electrons. The second-order valence-corrected chi connectivity index (χ2v) is 9.28. The monoisotopic (exact) mass is 467 g/mol. The lowest BCUT2D eigenvalue weighted by atomic mass is 10.0. The minimum absolute atomic E-state index is 0.246. The molecule has 33 heavy (non-hydrogen) atoms. The molecule has 2 amide bonds. The smallest absolute Gasteiger partial charge is 0.308 e. The van der Waals surface area contributed by atoms with Gasteiger partial charge in [0.15, 0.2) is 0 Å². The molecule has 1 fully saturated rings. The summed E-state index contributed by atoms with van der Waals surface area (Å²) in [5, 5.41) is 1.61. The Balaban J connectivity index is 1.51. The van der Waals surface area contributed by atoms with Gasteiger partial charge >= 0.3 is 5.97 Å². The van der Waals surface area contributed by atoms with Crippen LogP contribution in [-0.2, 0) is 29.7 Å². The first-order valence-electron chi connectivity index (χ1n) is 10.5. The van der Waals surface area contributed by atoms with E-state index in [-0.39, 0.29) is 23.7 Å². The predicted molar refractivity (Wildman–Crippen MR) is 126 cm³/mol. The van der Waals surface area contributed by atoms with Crippen LogP contribution in [0.5, 0.6) is 11.5 Å². The SMILES string of the molecule is CC(=O)Oc1c(C)c(C)c2c(nc(COc3ccc(CC4SC(=O)NC4=O)cc3)n2C)c1C. The molecule has 1 unspecified atom stereocenters. The summed E-state index contributed by atoms with van der Waals surface area (Å²) in [5.74, 6) is 1.38. The Labute approximate surface area is 195 Å². The first-order chi connectivity index (χ1) is 15.7. The number of amides is 2. The molecule has 1 aliphatic rings. The number of thioether (sulfide) groups is 1. The van der Waals surface area contributed by atoms with Gasteiger partial charge in [-0.15, -0.1) is 0 Å². The summed E-state index contributed by atoms with van der Waals surface area (Å²) in [7, 11) is 1.94. The third-order valence-corrected chi connectivity index (χ3v) is 6.85. The van der Waals surface area contributed by atoms with Crippen molar-refractivity contribution in [3.05, 3.63) is 52.3 Å². The minimum atomic E-state index is -0.393. The standard InChI is InChI=1S/C24H25N3O5S/c1-12-13(2)22(32-15(4)28)14(3)20-21(12)27(5)19(25-20)11-31-17-8-6-16(7-9-17)10-18-23(29)26-24(30)33-18/h6-9,18H,10-11H2,1-5H3,(H,26,29,30). The zero-order valence-electron chi connectivity index (χ0n) is 19.1. The van der Waals surface area contributed by atoms with E-state index in [9.17, 15) is 14.4 Å². The van der Waals surface area contributed by atoms with E-state index in [0.29, 0.717) is 17.9 Å². The summed E-state index contributed by atoms with van der Waals surface area (Å²) in [4.78, 5) is 39.4. The molecule has 8 nitrogen and oxygen atoms in total. The van der Waals surface area contributed by atoms with Crippen molar-refractivity contribution in [1.82, 2.24) is 14.9 Å². The Morgan fingerprint density at radius 2 is 1.82 bits per heavy atom. The Kier molecular flexibility index (Phi) is 6.16. The van der Waals surface area contributed by atoms with Crippen molar-refractivity contribution in [3.8, 4) is 11.5 Å². The summed E-state index contributed by atoms with van der Waals surface area (Å²) in [5.41, 5.74) is 5.46. The van der Waals surface area contributed by atoms with Gasteiger partial charge in [-0.3, -0.25) is 19.7 Å². The highest BCUT2D eigenvalue weighted by Gasteiger charge is 2.31. The van der Waals surface area contributed by atoms with Crippen molar-refractivity contribution in [3.63, 3.8) is 0 Å². The average molecular weight is 468 g/mol. The van der Waals surface area contributed by atoms with Gasteiger partial charge in [0.05, 0.1) is 16.3 Å². The third kappa shape index (κ3) is 4.45. The molecular weight excluding hydrogens is 442 g/mol. The molecule has 0 aliphatic carbocycles. The number of imide groups is 1. The minimum Gasteiger partial charge on any atom is -0.486 e. The van der Waals surface area contributed by atoms with Gasteiger partial charge in [-0.2, -0.15) is 0 Å². The lowest BCUT2D eigenvalue weighted by molar-refractivity contribution is -0.132. The van der Waals surface area contributed by atoms with Gasteiger partial charge in [0.25, 0.3) is 5.24 Å². The highest BCUT2D eigenvalue weighted by Crippen LogP contribution is 2.35. The first kappa shape index (κ1) is 22.8. The number of aromatic nitrogens is 2. The van der Waals surface area contributed by atoms with E-state index in [2.05, 4.69) is 5.32 Å². The van der Waals surface area contributed by atoms with Crippen LogP contribution in [0.25, 0.3) is 11.0 Å². The number of rotatable bonds is 6. The van der Waals surface area contributed by atoms with Crippen LogP contribution < -0.4 is 14.8 Å². The number of nitrogens with one attached hydrogen (secondary N) is 1. The molecule has 4 rings (SSSR count). The summed E-state index contributed by atoms with van der Waals surface area (Å²) in [6.45, 7) is 7.49. The molecule has 1 aromatic heterocycles. The van der Waals surface area contributed by atoms with E-state index in [1.165, 1.54) is 6.92 Å². The van der Waals surface area contributed by atoms with Gasteiger partial charge in [-0.25, -0.2) is 4.98 Å². The molecule has 1 saturated heterocycles. The van der Waals surface area contributed by atoms with E-state index in [0.717, 1.165) is 50.9 Å². The molecule has 1 atom stereocenters. The van der Waals surface area contributed by atoms with Crippen molar-refractivity contribution in [2.24, 2.45) is 7.05 Å². The Bertz CT molecular complexity index is 1280. The molecule has 0 saturated carbocycles. The number of carbonyl (C=O) groups excluding carboxylic acids is 3.